The Bertz CT molecular complexity index is 660. The summed E-state index contributed by atoms with van der Waals surface area (Å²) >= 11 is 3.52. The summed E-state index contributed by atoms with van der Waals surface area (Å²) in [6.07, 6.45) is 0.877. The maximum atomic E-state index is 12.0. The molecule has 2 rings (SSSR count). The lowest BCUT2D eigenvalue weighted by atomic mass is 10.1. The van der Waals surface area contributed by atoms with Gasteiger partial charge in [-0.2, -0.15) is 0 Å². The second kappa shape index (κ2) is 7.45. The first-order valence-corrected chi connectivity index (χ1v) is 8.08. The lowest BCUT2D eigenvalue weighted by molar-refractivity contribution is -0.118. The van der Waals surface area contributed by atoms with Crippen molar-refractivity contribution in [1.82, 2.24) is 0 Å². The predicted octanol–water partition coefficient (Wildman–Crippen LogP) is 4.65. The van der Waals surface area contributed by atoms with Crippen LogP contribution in [0.2, 0.25) is 0 Å². The fourth-order valence-electron chi connectivity index (χ4n) is 2.28. The number of ether oxygens (including phenoxy) is 1. The first-order valence-electron chi connectivity index (χ1n) is 7.28. The van der Waals surface area contributed by atoms with Crippen molar-refractivity contribution in [2.45, 2.75) is 27.2 Å². The Morgan fingerprint density at radius 1 is 1.18 bits per heavy atom. The fourth-order valence-corrected chi connectivity index (χ4v) is 2.50. The molecule has 0 aromatic heterocycles. The van der Waals surface area contributed by atoms with Gasteiger partial charge in [-0.3, -0.25) is 4.79 Å². The van der Waals surface area contributed by atoms with Crippen LogP contribution in [0.3, 0.4) is 0 Å². The van der Waals surface area contributed by atoms with Gasteiger partial charge in [-0.05, 0) is 55.2 Å². The largest absolute Gasteiger partial charge is 0.484 e. The molecule has 2 aromatic rings. The van der Waals surface area contributed by atoms with Gasteiger partial charge >= 0.3 is 0 Å². The summed E-state index contributed by atoms with van der Waals surface area (Å²) < 4.78 is 6.67. The molecule has 0 aliphatic heterocycles. The third kappa shape index (κ3) is 4.10. The van der Waals surface area contributed by atoms with Crippen LogP contribution >= 0.6 is 15.9 Å². The second-order valence-electron chi connectivity index (χ2n) is 5.22. The number of aryl methyl sites for hydroxylation is 3. The van der Waals surface area contributed by atoms with Crippen molar-refractivity contribution in [3.8, 4) is 5.75 Å². The average Bonchev–Trinajstić information content (AvgIpc) is 2.51. The minimum atomic E-state index is -0.154. The van der Waals surface area contributed by atoms with Crippen LogP contribution in [-0.4, -0.2) is 12.5 Å². The Labute approximate surface area is 139 Å². The molecule has 22 heavy (non-hydrogen) atoms. The standard InChI is InChI=1S/C18H20BrNO2/c1-4-14-7-5-6-8-16(14)20-17(21)11-22-15-9-12(2)18(19)13(3)10-15/h5-10H,4,11H2,1-3H3,(H,20,21). The summed E-state index contributed by atoms with van der Waals surface area (Å²) in [7, 11) is 0. The van der Waals surface area contributed by atoms with Gasteiger partial charge in [0.1, 0.15) is 5.75 Å². The number of hydrogen-bond acceptors (Lipinski definition) is 2. The van der Waals surface area contributed by atoms with Gasteiger partial charge in [0, 0.05) is 10.2 Å². The van der Waals surface area contributed by atoms with E-state index in [1.54, 1.807) is 0 Å². The molecule has 0 heterocycles. The van der Waals surface area contributed by atoms with Crippen LogP contribution in [0.5, 0.6) is 5.75 Å². The van der Waals surface area contributed by atoms with Gasteiger partial charge in [-0.25, -0.2) is 0 Å². The molecular formula is C18H20BrNO2. The van der Waals surface area contributed by atoms with Crippen LogP contribution in [0.1, 0.15) is 23.6 Å². The molecule has 0 radical (unpaired) electrons. The molecule has 0 fully saturated rings. The highest BCUT2D eigenvalue weighted by molar-refractivity contribution is 9.10. The number of carbonyl (C=O) groups is 1. The number of para-hydroxylation sites is 1. The van der Waals surface area contributed by atoms with E-state index in [0.29, 0.717) is 5.75 Å². The van der Waals surface area contributed by atoms with Crippen LogP contribution in [-0.2, 0) is 11.2 Å². The van der Waals surface area contributed by atoms with E-state index in [-0.39, 0.29) is 12.5 Å². The van der Waals surface area contributed by atoms with Crippen molar-refractivity contribution in [3.05, 3.63) is 57.6 Å². The highest BCUT2D eigenvalue weighted by Gasteiger charge is 2.08. The first kappa shape index (κ1) is 16.6. The van der Waals surface area contributed by atoms with Crippen molar-refractivity contribution in [1.29, 1.82) is 0 Å². The number of anilines is 1. The van der Waals surface area contributed by atoms with E-state index in [0.717, 1.165) is 33.3 Å². The minimum Gasteiger partial charge on any atom is -0.484 e. The molecule has 0 saturated carbocycles. The summed E-state index contributed by atoms with van der Waals surface area (Å²) in [5, 5.41) is 2.90. The van der Waals surface area contributed by atoms with Crippen molar-refractivity contribution < 1.29 is 9.53 Å². The maximum absolute atomic E-state index is 12.0. The van der Waals surface area contributed by atoms with E-state index in [2.05, 4.69) is 28.2 Å². The number of carbonyl (C=O) groups excluding carboxylic acids is 1. The van der Waals surface area contributed by atoms with Crippen molar-refractivity contribution in [2.75, 3.05) is 11.9 Å². The first-order chi connectivity index (χ1) is 10.5. The van der Waals surface area contributed by atoms with E-state index in [4.69, 9.17) is 4.74 Å². The molecule has 2 aromatic carbocycles. The number of nitrogens with one attached hydrogen (secondary N) is 1. The minimum absolute atomic E-state index is 0.00143. The molecule has 4 heteroatoms. The highest BCUT2D eigenvalue weighted by atomic mass is 79.9. The van der Waals surface area contributed by atoms with Gasteiger partial charge in [-0.1, -0.05) is 41.1 Å². The number of hydrogen-bond donors (Lipinski definition) is 1. The average molecular weight is 362 g/mol. The maximum Gasteiger partial charge on any atom is 0.262 e. The monoisotopic (exact) mass is 361 g/mol. The molecular weight excluding hydrogens is 342 g/mol. The lowest BCUT2D eigenvalue weighted by Gasteiger charge is -2.12. The van der Waals surface area contributed by atoms with Crippen molar-refractivity contribution >= 4 is 27.5 Å². The third-order valence-corrected chi connectivity index (χ3v) is 4.70. The van der Waals surface area contributed by atoms with E-state index >= 15 is 0 Å². The normalized spacial score (nSPS) is 10.4. The van der Waals surface area contributed by atoms with Crippen LogP contribution in [0.25, 0.3) is 0 Å². The topological polar surface area (TPSA) is 38.3 Å². The summed E-state index contributed by atoms with van der Waals surface area (Å²) in [6.45, 7) is 6.07. The number of rotatable bonds is 5. The molecule has 0 bridgehead atoms. The second-order valence-corrected chi connectivity index (χ2v) is 6.01. The highest BCUT2D eigenvalue weighted by Crippen LogP contribution is 2.26. The molecule has 116 valence electrons. The third-order valence-electron chi connectivity index (χ3n) is 3.45. The van der Waals surface area contributed by atoms with Crippen molar-refractivity contribution in [3.63, 3.8) is 0 Å². The molecule has 1 amide bonds. The van der Waals surface area contributed by atoms with E-state index < -0.39 is 0 Å². The van der Waals surface area contributed by atoms with Gasteiger partial charge < -0.3 is 10.1 Å². The fraction of sp³-hybridized carbons (Fsp3) is 0.278. The van der Waals surface area contributed by atoms with Gasteiger partial charge in [-0.15, -0.1) is 0 Å². The zero-order valence-corrected chi connectivity index (χ0v) is 14.7. The zero-order chi connectivity index (χ0) is 16.1. The molecule has 3 nitrogen and oxygen atoms in total. The summed E-state index contributed by atoms with van der Waals surface area (Å²) in [5.74, 6) is 0.552. The quantitative estimate of drug-likeness (QED) is 0.841. The number of amides is 1. The Balaban J connectivity index is 1.98. The number of benzene rings is 2. The van der Waals surface area contributed by atoms with Gasteiger partial charge in [0.2, 0.25) is 0 Å². The Kier molecular flexibility index (Phi) is 5.61. The molecule has 0 unspecified atom stereocenters. The summed E-state index contributed by atoms with van der Waals surface area (Å²) in [6, 6.07) is 11.6. The van der Waals surface area contributed by atoms with Gasteiger partial charge in [0.25, 0.3) is 5.91 Å². The Hall–Kier alpha value is -1.81. The van der Waals surface area contributed by atoms with Crippen LogP contribution < -0.4 is 10.1 Å². The van der Waals surface area contributed by atoms with Crippen LogP contribution in [0, 0.1) is 13.8 Å². The van der Waals surface area contributed by atoms with Gasteiger partial charge in [0.15, 0.2) is 6.61 Å². The molecule has 0 saturated heterocycles. The zero-order valence-electron chi connectivity index (χ0n) is 13.1. The van der Waals surface area contributed by atoms with E-state index in [1.807, 2.05) is 50.2 Å². The molecule has 0 atom stereocenters. The smallest absolute Gasteiger partial charge is 0.262 e. The Morgan fingerprint density at radius 3 is 2.45 bits per heavy atom. The summed E-state index contributed by atoms with van der Waals surface area (Å²) in [5.41, 5.74) is 4.14. The van der Waals surface area contributed by atoms with Crippen LogP contribution in [0.4, 0.5) is 5.69 Å². The molecule has 1 N–H and O–H groups in total. The molecule has 0 spiro atoms. The predicted molar refractivity (Wildman–Crippen MR) is 93.6 cm³/mol. The number of halogens is 1. The van der Waals surface area contributed by atoms with Crippen molar-refractivity contribution in [2.24, 2.45) is 0 Å². The van der Waals surface area contributed by atoms with Crippen LogP contribution in [0.15, 0.2) is 40.9 Å². The molecule has 0 aliphatic carbocycles. The Morgan fingerprint density at radius 2 is 1.82 bits per heavy atom. The SMILES string of the molecule is CCc1ccccc1NC(=O)COc1cc(C)c(Br)c(C)c1. The molecule has 0 aliphatic rings. The summed E-state index contributed by atoms with van der Waals surface area (Å²) in [4.78, 5) is 12.0. The van der Waals surface area contributed by atoms with E-state index in [9.17, 15) is 4.79 Å². The lowest BCUT2D eigenvalue weighted by Crippen LogP contribution is -2.21. The van der Waals surface area contributed by atoms with E-state index in [1.165, 1.54) is 0 Å². The van der Waals surface area contributed by atoms with Gasteiger partial charge in [0.05, 0.1) is 0 Å².